The number of nitrogens with two attached hydrogens (primary N) is 1. The minimum atomic E-state index is -4.29. The molecule has 2 unspecified atom stereocenters. The van der Waals surface area contributed by atoms with Crippen LogP contribution in [0.25, 0.3) is 0 Å². The van der Waals surface area contributed by atoms with E-state index in [2.05, 4.69) is 98.9 Å². The highest BCUT2D eigenvalue weighted by Crippen LogP contribution is 2.43. The van der Waals surface area contributed by atoms with E-state index in [9.17, 15) is 14.3 Å². The molecule has 0 aromatic rings. The van der Waals surface area contributed by atoms with Crippen molar-refractivity contribution in [1.82, 2.24) is 0 Å². The largest absolute Gasteiger partial charge is 0.472 e. The molecule has 53 heavy (non-hydrogen) atoms. The van der Waals surface area contributed by atoms with Crippen molar-refractivity contribution in [1.29, 1.82) is 0 Å². The average molecular weight is 762 g/mol. The lowest BCUT2D eigenvalue weighted by Crippen LogP contribution is -2.28. The summed E-state index contributed by atoms with van der Waals surface area (Å²) in [6.45, 7) is 4.70. The van der Waals surface area contributed by atoms with E-state index in [0.29, 0.717) is 13.0 Å². The smallest absolute Gasteiger partial charge is 0.457 e. The number of allylic oxidation sites excluding steroid dienone is 14. The maximum Gasteiger partial charge on any atom is 0.472 e. The summed E-state index contributed by atoms with van der Waals surface area (Å²) in [7, 11) is -4.29. The summed E-state index contributed by atoms with van der Waals surface area (Å²) in [4.78, 5) is 22.4. The van der Waals surface area contributed by atoms with E-state index in [1.165, 1.54) is 57.8 Å². The summed E-state index contributed by atoms with van der Waals surface area (Å²) < 4.78 is 33.3. The zero-order valence-electron chi connectivity index (χ0n) is 33.5. The van der Waals surface area contributed by atoms with Crippen molar-refractivity contribution in [2.75, 3.05) is 33.0 Å². The predicted molar refractivity (Wildman–Crippen MR) is 224 cm³/mol. The van der Waals surface area contributed by atoms with Crippen molar-refractivity contribution in [2.24, 2.45) is 5.73 Å². The molecular formula is C44H76NO7P. The molecule has 304 valence electrons. The molecule has 0 aliphatic heterocycles. The molecule has 0 bridgehead atoms. The lowest BCUT2D eigenvalue weighted by Gasteiger charge is -2.20. The molecule has 0 fully saturated rings. The molecule has 0 aliphatic rings. The van der Waals surface area contributed by atoms with Crippen molar-refractivity contribution in [3.8, 4) is 0 Å². The van der Waals surface area contributed by atoms with Gasteiger partial charge in [-0.3, -0.25) is 13.8 Å². The summed E-state index contributed by atoms with van der Waals surface area (Å²) in [5, 5.41) is 0. The van der Waals surface area contributed by atoms with E-state index in [4.69, 9.17) is 24.3 Å². The number of unbranched alkanes of at least 4 members (excludes halogenated alkanes) is 11. The SMILES string of the molecule is CC/C=C\C/C=C\C/C=C\C/C=C\C/C=C\C/C=C\C/C=C\CCCC(=O)OC(COCCCCCCCCCCCCC)COP(=O)(O)OCCN. The normalized spacial score (nSPS) is 14.4. The maximum absolute atomic E-state index is 12.5. The van der Waals surface area contributed by atoms with Crippen LogP contribution in [0.2, 0.25) is 0 Å². The number of hydrogen-bond acceptors (Lipinski definition) is 7. The third-order valence-electron chi connectivity index (χ3n) is 8.08. The molecule has 0 saturated heterocycles. The van der Waals surface area contributed by atoms with E-state index >= 15 is 0 Å². The van der Waals surface area contributed by atoms with Gasteiger partial charge in [-0.05, 0) is 64.2 Å². The summed E-state index contributed by atoms with van der Waals surface area (Å²) in [6.07, 6.45) is 51.8. The van der Waals surface area contributed by atoms with Crippen molar-refractivity contribution in [2.45, 2.75) is 155 Å². The molecule has 0 radical (unpaired) electrons. The van der Waals surface area contributed by atoms with Gasteiger partial charge in [-0.25, -0.2) is 4.57 Å². The molecule has 0 spiro atoms. The molecule has 3 N–H and O–H groups in total. The molecule has 0 amide bonds. The molecule has 0 aliphatic carbocycles. The van der Waals surface area contributed by atoms with E-state index in [1.807, 2.05) is 0 Å². The van der Waals surface area contributed by atoms with Gasteiger partial charge in [-0.2, -0.15) is 0 Å². The van der Waals surface area contributed by atoms with Gasteiger partial charge in [-0.15, -0.1) is 0 Å². The highest BCUT2D eigenvalue weighted by atomic mass is 31.2. The molecular weight excluding hydrogens is 685 g/mol. The van der Waals surface area contributed by atoms with Gasteiger partial charge in [0.25, 0.3) is 0 Å². The number of esters is 1. The zero-order chi connectivity index (χ0) is 38.8. The monoisotopic (exact) mass is 762 g/mol. The Kier molecular flexibility index (Phi) is 39.1. The van der Waals surface area contributed by atoms with Crippen molar-refractivity contribution >= 4 is 13.8 Å². The maximum atomic E-state index is 12.5. The quantitative estimate of drug-likeness (QED) is 0.0276. The first-order valence-electron chi connectivity index (χ1n) is 20.6. The fourth-order valence-corrected chi connectivity index (χ4v) is 5.87. The van der Waals surface area contributed by atoms with Gasteiger partial charge < -0.3 is 20.1 Å². The molecule has 9 heteroatoms. The summed E-state index contributed by atoms with van der Waals surface area (Å²) >= 11 is 0. The Morgan fingerprint density at radius 3 is 1.51 bits per heavy atom. The molecule has 0 aromatic carbocycles. The van der Waals surface area contributed by atoms with Crippen LogP contribution in [0.4, 0.5) is 0 Å². The molecule has 0 heterocycles. The number of hydrogen-bond donors (Lipinski definition) is 2. The van der Waals surface area contributed by atoms with Gasteiger partial charge in [0.05, 0.1) is 19.8 Å². The minimum Gasteiger partial charge on any atom is -0.457 e. The van der Waals surface area contributed by atoms with Gasteiger partial charge in [0.15, 0.2) is 0 Å². The second kappa shape index (κ2) is 40.9. The lowest BCUT2D eigenvalue weighted by molar-refractivity contribution is -0.154. The second-order valence-corrected chi connectivity index (χ2v) is 14.6. The summed E-state index contributed by atoms with van der Waals surface area (Å²) in [5.74, 6) is -0.391. The van der Waals surface area contributed by atoms with Gasteiger partial charge in [0.2, 0.25) is 0 Å². The third-order valence-corrected chi connectivity index (χ3v) is 9.06. The average Bonchev–Trinajstić information content (AvgIpc) is 3.15. The van der Waals surface area contributed by atoms with Gasteiger partial charge in [0, 0.05) is 19.6 Å². The Morgan fingerprint density at radius 2 is 1.04 bits per heavy atom. The second-order valence-electron chi connectivity index (χ2n) is 13.1. The fraction of sp³-hybridized carbons (Fsp3) is 0.659. The minimum absolute atomic E-state index is 0.0875. The van der Waals surface area contributed by atoms with E-state index < -0.39 is 19.9 Å². The van der Waals surface area contributed by atoms with Crippen molar-refractivity contribution < 1.29 is 32.8 Å². The van der Waals surface area contributed by atoms with E-state index in [0.717, 1.165) is 64.2 Å². The number of phosphoric acid groups is 1. The summed E-state index contributed by atoms with van der Waals surface area (Å²) in [5.41, 5.74) is 5.35. The molecule has 8 nitrogen and oxygen atoms in total. The van der Waals surface area contributed by atoms with Gasteiger partial charge >= 0.3 is 13.8 Å². The number of rotatable bonds is 38. The van der Waals surface area contributed by atoms with Crippen LogP contribution in [0.3, 0.4) is 0 Å². The van der Waals surface area contributed by atoms with Crippen LogP contribution in [0.5, 0.6) is 0 Å². The van der Waals surface area contributed by atoms with Crippen LogP contribution < -0.4 is 5.73 Å². The van der Waals surface area contributed by atoms with Gasteiger partial charge in [0.1, 0.15) is 6.10 Å². The van der Waals surface area contributed by atoms with Crippen LogP contribution in [0.15, 0.2) is 85.1 Å². The highest BCUT2D eigenvalue weighted by molar-refractivity contribution is 7.47. The number of carbonyl (C=O) groups excluding carboxylic acids is 1. The Balaban J connectivity index is 4.18. The van der Waals surface area contributed by atoms with E-state index in [1.54, 1.807) is 0 Å². The van der Waals surface area contributed by atoms with Crippen molar-refractivity contribution in [3.05, 3.63) is 85.1 Å². The number of phosphoric ester groups is 1. The Morgan fingerprint density at radius 1 is 0.585 bits per heavy atom. The number of carbonyl (C=O) groups is 1. The fourth-order valence-electron chi connectivity index (χ4n) is 5.10. The topological polar surface area (TPSA) is 117 Å². The first kappa shape index (κ1) is 50.7. The molecule has 0 rings (SSSR count). The van der Waals surface area contributed by atoms with Crippen LogP contribution in [0.1, 0.15) is 149 Å². The van der Waals surface area contributed by atoms with Crippen LogP contribution in [-0.4, -0.2) is 49.9 Å². The third kappa shape index (κ3) is 40.7. The first-order valence-corrected chi connectivity index (χ1v) is 22.1. The molecule has 2 atom stereocenters. The van der Waals surface area contributed by atoms with Crippen LogP contribution in [-0.2, 0) is 27.9 Å². The predicted octanol–water partition coefficient (Wildman–Crippen LogP) is 12.1. The molecule has 0 saturated carbocycles. The van der Waals surface area contributed by atoms with Crippen LogP contribution in [0, 0.1) is 0 Å². The highest BCUT2D eigenvalue weighted by Gasteiger charge is 2.25. The lowest BCUT2D eigenvalue weighted by atomic mass is 10.1. The first-order chi connectivity index (χ1) is 25.9. The molecule has 0 aromatic heterocycles. The summed E-state index contributed by atoms with van der Waals surface area (Å²) in [6, 6.07) is 0. The Labute approximate surface area is 324 Å². The van der Waals surface area contributed by atoms with Crippen LogP contribution >= 0.6 is 7.82 Å². The van der Waals surface area contributed by atoms with E-state index in [-0.39, 0.29) is 32.8 Å². The Bertz CT molecular complexity index is 1080. The number of ether oxygens (including phenoxy) is 2. The van der Waals surface area contributed by atoms with Gasteiger partial charge in [-0.1, -0.05) is 163 Å². The zero-order valence-corrected chi connectivity index (χ0v) is 34.4. The van der Waals surface area contributed by atoms with Crippen molar-refractivity contribution in [3.63, 3.8) is 0 Å². The Hall–Kier alpha value is -2.32. The standard InChI is InChI=1S/C44H76NO7P/c1-3-5-7-9-11-13-15-16-17-18-19-20-21-22-23-24-25-26-27-29-31-33-35-37-44(46)52-43(42-51-53(47,48)50-40-38-45)41-49-39-36-34-32-30-28-14-12-10-8-6-4-2/h5,7,11,13,16-17,19-20,22-23,25-26,29,31,43H,3-4,6,8-10,12,14-15,18,21,24,27-28,30,32-42,45H2,1-2H3,(H,47,48)/b7-5-,13-11-,17-16-,20-19-,23-22-,26-25-,31-29-.